The molecule has 10 heteroatoms. The van der Waals surface area contributed by atoms with E-state index in [0.29, 0.717) is 13.1 Å². The number of fused-ring (bicyclic) bond motifs is 3. The Morgan fingerprint density at radius 3 is 2.62 bits per heavy atom. The Morgan fingerprint density at radius 1 is 1.21 bits per heavy atom. The van der Waals surface area contributed by atoms with Crippen molar-refractivity contribution in [3.05, 3.63) is 29.8 Å². The molecular weight excluding hydrogens is 390 g/mol. The van der Waals surface area contributed by atoms with E-state index in [-0.39, 0.29) is 24.1 Å². The van der Waals surface area contributed by atoms with Gasteiger partial charge in [0.15, 0.2) is 10.6 Å². The van der Waals surface area contributed by atoms with Gasteiger partial charge in [-0.2, -0.15) is 4.98 Å². The number of urea groups is 1. The highest BCUT2D eigenvalue weighted by Crippen LogP contribution is 2.35. The monoisotopic (exact) mass is 411 g/mol. The van der Waals surface area contributed by atoms with E-state index in [2.05, 4.69) is 25.2 Å². The second-order valence-electron chi connectivity index (χ2n) is 7.27. The maximum absolute atomic E-state index is 13.0. The smallest absolute Gasteiger partial charge is 0.322 e. The Balaban J connectivity index is 1.34. The molecule has 4 heterocycles. The molecule has 5 rings (SSSR count). The molecule has 29 heavy (non-hydrogen) atoms. The SMILES string of the molecule is COc1ccc(NC(=O)N2C3CCC2CN(c2nc(N)nc4scnc24)C3)cc1. The van der Waals surface area contributed by atoms with Crippen LogP contribution in [0.3, 0.4) is 0 Å². The molecule has 9 nitrogen and oxygen atoms in total. The van der Waals surface area contributed by atoms with Crippen LogP contribution in [0.5, 0.6) is 5.75 Å². The van der Waals surface area contributed by atoms with Crippen molar-refractivity contribution in [3.8, 4) is 5.75 Å². The molecule has 0 spiro atoms. The third kappa shape index (κ3) is 3.19. The van der Waals surface area contributed by atoms with Crippen LogP contribution >= 0.6 is 11.3 Å². The highest BCUT2D eigenvalue weighted by Gasteiger charge is 2.43. The lowest BCUT2D eigenvalue weighted by Gasteiger charge is -2.41. The summed E-state index contributed by atoms with van der Waals surface area (Å²) >= 11 is 1.45. The summed E-state index contributed by atoms with van der Waals surface area (Å²) in [6.45, 7) is 1.41. The summed E-state index contributed by atoms with van der Waals surface area (Å²) in [7, 11) is 1.62. The minimum absolute atomic E-state index is 0.0664. The fourth-order valence-electron chi connectivity index (χ4n) is 4.25. The van der Waals surface area contributed by atoms with Gasteiger partial charge in [-0.15, -0.1) is 11.3 Å². The van der Waals surface area contributed by atoms with Crippen LogP contribution in [0.15, 0.2) is 29.8 Å². The highest BCUT2D eigenvalue weighted by atomic mass is 32.1. The van der Waals surface area contributed by atoms with E-state index in [4.69, 9.17) is 10.5 Å². The van der Waals surface area contributed by atoms with E-state index in [1.165, 1.54) is 11.3 Å². The summed E-state index contributed by atoms with van der Waals surface area (Å²) in [5.74, 6) is 1.78. The largest absolute Gasteiger partial charge is 0.497 e. The maximum atomic E-state index is 13.0. The van der Waals surface area contributed by atoms with Gasteiger partial charge in [-0.05, 0) is 37.1 Å². The molecule has 2 unspecified atom stereocenters. The molecule has 1 aromatic carbocycles. The topological polar surface area (TPSA) is 110 Å². The third-order valence-corrected chi connectivity index (χ3v) is 6.27. The molecule has 2 aliphatic heterocycles. The van der Waals surface area contributed by atoms with Crippen LogP contribution in [0.25, 0.3) is 10.3 Å². The number of ether oxygens (including phenoxy) is 1. The zero-order valence-electron chi connectivity index (χ0n) is 15.9. The Bertz CT molecular complexity index is 1040. The molecule has 2 saturated heterocycles. The van der Waals surface area contributed by atoms with Crippen LogP contribution in [0, 0.1) is 0 Å². The average Bonchev–Trinajstić information content (AvgIpc) is 3.29. The molecule has 2 fully saturated rings. The van der Waals surface area contributed by atoms with E-state index in [0.717, 1.165) is 40.4 Å². The van der Waals surface area contributed by atoms with Crippen molar-refractivity contribution >= 4 is 45.2 Å². The minimum Gasteiger partial charge on any atom is -0.497 e. The average molecular weight is 411 g/mol. The number of aromatic nitrogens is 3. The zero-order valence-corrected chi connectivity index (χ0v) is 16.7. The van der Waals surface area contributed by atoms with Gasteiger partial charge in [0.1, 0.15) is 11.3 Å². The van der Waals surface area contributed by atoms with Crippen molar-refractivity contribution in [1.82, 2.24) is 19.9 Å². The van der Waals surface area contributed by atoms with E-state index < -0.39 is 0 Å². The number of methoxy groups -OCH3 is 1. The van der Waals surface area contributed by atoms with Crippen LogP contribution in [0.1, 0.15) is 12.8 Å². The number of thiazole rings is 1. The molecule has 2 aliphatic rings. The Labute approximate surface area is 171 Å². The lowest BCUT2D eigenvalue weighted by Crippen LogP contribution is -2.57. The second-order valence-corrected chi connectivity index (χ2v) is 8.10. The first-order chi connectivity index (χ1) is 14.1. The standard InChI is InChI=1S/C19H21N7O2S/c1-28-14-6-2-11(3-7-14)22-19(27)26-12-4-5-13(26)9-25(8-12)16-15-17(29-10-21-15)24-18(20)23-16/h2-3,6-7,10,12-13H,4-5,8-9H2,1H3,(H,22,27)(H2,20,23,24). The number of hydrogen-bond donors (Lipinski definition) is 2. The van der Waals surface area contributed by atoms with Gasteiger partial charge in [-0.3, -0.25) is 0 Å². The molecule has 2 amide bonds. The van der Waals surface area contributed by atoms with Gasteiger partial charge in [0.05, 0.1) is 24.7 Å². The molecule has 0 saturated carbocycles. The molecule has 2 bridgehead atoms. The second kappa shape index (κ2) is 7.03. The normalized spacial score (nSPS) is 20.9. The molecule has 3 N–H and O–H groups in total. The quantitative estimate of drug-likeness (QED) is 0.682. The van der Waals surface area contributed by atoms with Crippen molar-refractivity contribution < 1.29 is 9.53 Å². The Morgan fingerprint density at radius 2 is 1.93 bits per heavy atom. The number of piperazine rings is 1. The number of amides is 2. The number of rotatable bonds is 3. The number of hydrogen-bond acceptors (Lipinski definition) is 8. The zero-order chi connectivity index (χ0) is 20.0. The molecule has 2 aromatic heterocycles. The van der Waals surface area contributed by atoms with Gasteiger partial charge in [-0.1, -0.05) is 0 Å². The lowest BCUT2D eigenvalue weighted by molar-refractivity contribution is 0.175. The molecule has 0 radical (unpaired) electrons. The first kappa shape index (κ1) is 17.9. The number of nitrogens with two attached hydrogens (primary N) is 1. The van der Waals surface area contributed by atoms with Crippen LogP contribution in [-0.2, 0) is 0 Å². The number of carbonyl (C=O) groups is 1. The summed E-state index contributed by atoms with van der Waals surface area (Å²) in [5.41, 5.74) is 9.20. The molecule has 0 aliphatic carbocycles. The number of nitrogens with one attached hydrogen (secondary N) is 1. The Hall–Kier alpha value is -3.14. The van der Waals surface area contributed by atoms with E-state index in [1.807, 2.05) is 29.2 Å². The van der Waals surface area contributed by atoms with E-state index >= 15 is 0 Å². The minimum atomic E-state index is -0.0664. The lowest BCUT2D eigenvalue weighted by atomic mass is 10.2. The first-order valence-electron chi connectivity index (χ1n) is 9.47. The summed E-state index contributed by atoms with van der Waals surface area (Å²) < 4.78 is 5.17. The van der Waals surface area contributed by atoms with E-state index in [1.54, 1.807) is 12.6 Å². The maximum Gasteiger partial charge on any atom is 0.322 e. The van der Waals surface area contributed by atoms with Crippen molar-refractivity contribution in [3.63, 3.8) is 0 Å². The summed E-state index contributed by atoms with van der Waals surface area (Å²) in [4.78, 5) is 31.1. The summed E-state index contributed by atoms with van der Waals surface area (Å²) in [5, 5.41) is 3.01. The number of nitrogen functional groups attached to an aromatic ring is 1. The molecule has 150 valence electrons. The summed E-state index contributed by atoms with van der Waals surface area (Å²) in [6, 6.07) is 7.54. The Kier molecular flexibility index (Phi) is 4.35. The predicted octanol–water partition coefficient (Wildman–Crippen LogP) is 2.56. The number of nitrogens with zero attached hydrogens (tertiary/aromatic N) is 5. The number of carbonyl (C=O) groups excluding carboxylic acids is 1. The third-order valence-electron chi connectivity index (χ3n) is 5.55. The fraction of sp³-hybridized carbons (Fsp3) is 0.368. The van der Waals surface area contributed by atoms with Gasteiger partial charge >= 0.3 is 6.03 Å². The highest BCUT2D eigenvalue weighted by molar-refractivity contribution is 7.16. The first-order valence-corrected chi connectivity index (χ1v) is 10.4. The van der Waals surface area contributed by atoms with Gasteiger partial charge in [0.25, 0.3) is 0 Å². The van der Waals surface area contributed by atoms with Crippen LogP contribution in [0.2, 0.25) is 0 Å². The van der Waals surface area contributed by atoms with Gasteiger partial charge in [-0.25, -0.2) is 14.8 Å². The van der Waals surface area contributed by atoms with Crippen molar-refractivity contribution in [2.45, 2.75) is 24.9 Å². The van der Waals surface area contributed by atoms with Gasteiger partial charge in [0, 0.05) is 18.8 Å². The predicted molar refractivity (Wildman–Crippen MR) is 112 cm³/mol. The van der Waals surface area contributed by atoms with Crippen LogP contribution in [-0.4, -0.2) is 58.2 Å². The number of anilines is 3. The molecular formula is C19H21N7O2S. The van der Waals surface area contributed by atoms with Gasteiger partial charge in [0.2, 0.25) is 5.95 Å². The molecule has 2 atom stereocenters. The molecule has 3 aromatic rings. The van der Waals surface area contributed by atoms with Crippen molar-refractivity contribution in [2.24, 2.45) is 0 Å². The number of benzene rings is 1. The van der Waals surface area contributed by atoms with Crippen molar-refractivity contribution in [1.29, 1.82) is 0 Å². The van der Waals surface area contributed by atoms with Crippen molar-refractivity contribution in [2.75, 3.05) is 36.1 Å². The van der Waals surface area contributed by atoms with Gasteiger partial charge < -0.3 is 25.6 Å². The fourth-order valence-corrected chi connectivity index (χ4v) is 4.91. The summed E-state index contributed by atoms with van der Waals surface area (Å²) in [6.07, 6.45) is 1.94. The van der Waals surface area contributed by atoms with E-state index in [9.17, 15) is 4.79 Å². The van der Waals surface area contributed by atoms with Crippen LogP contribution < -0.4 is 20.7 Å². The van der Waals surface area contributed by atoms with Crippen LogP contribution in [0.4, 0.5) is 22.2 Å².